The number of hydrogen-bond donors (Lipinski definition) is 4. The normalized spacial score (nSPS) is 20.7. The van der Waals surface area contributed by atoms with E-state index in [9.17, 15) is 9.59 Å². The van der Waals surface area contributed by atoms with Crippen molar-refractivity contribution < 1.29 is 19.1 Å². The van der Waals surface area contributed by atoms with Crippen LogP contribution in [-0.2, 0) is 14.3 Å². The van der Waals surface area contributed by atoms with Crippen molar-refractivity contribution in [3.8, 4) is 0 Å². The summed E-state index contributed by atoms with van der Waals surface area (Å²) in [7, 11) is 0. The van der Waals surface area contributed by atoms with Gasteiger partial charge in [-0.25, -0.2) is 4.79 Å². The standard InChI is InChI=1S/C19H28N4O4.ClH/c20-17(13-7-10-26-11-8-13)18(24)22-14-3-5-15(6-4-14)23-19(25)21-12-16-2-1-9-27-16;/h3-6,13,16-17H,1-2,7-12,20H2,(H,22,24)(H2,21,23,25);1H. The molecule has 2 saturated heterocycles. The molecule has 0 aliphatic carbocycles. The molecule has 2 unspecified atom stereocenters. The van der Waals surface area contributed by atoms with Crippen LogP contribution < -0.4 is 21.7 Å². The fraction of sp³-hybridized carbons (Fsp3) is 0.579. The summed E-state index contributed by atoms with van der Waals surface area (Å²) < 4.78 is 10.8. The van der Waals surface area contributed by atoms with Crippen LogP contribution in [0.25, 0.3) is 0 Å². The summed E-state index contributed by atoms with van der Waals surface area (Å²) in [5.74, 6) is -0.0517. The Bertz CT molecular complexity index is 631. The Balaban J connectivity index is 0.00000280. The molecule has 2 heterocycles. The Morgan fingerprint density at radius 2 is 1.68 bits per heavy atom. The first-order chi connectivity index (χ1) is 13.1. The first-order valence-corrected chi connectivity index (χ1v) is 9.52. The highest BCUT2D eigenvalue weighted by Crippen LogP contribution is 2.19. The lowest BCUT2D eigenvalue weighted by molar-refractivity contribution is -0.119. The van der Waals surface area contributed by atoms with E-state index in [-0.39, 0.29) is 36.4 Å². The number of benzene rings is 1. The predicted octanol–water partition coefficient (Wildman–Crippen LogP) is 2.10. The molecule has 0 spiro atoms. The number of carbonyl (C=O) groups excluding carboxylic acids is 2. The van der Waals surface area contributed by atoms with Crippen LogP contribution in [0, 0.1) is 5.92 Å². The lowest BCUT2D eigenvalue weighted by Gasteiger charge is -2.26. The van der Waals surface area contributed by atoms with Crippen LogP contribution >= 0.6 is 12.4 Å². The van der Waals surface area contributed by atoms with E-state index >= 15 is 0 Å². The number of nitrogens with two attached hydrogens (primary N) is 1. The number of halogens is 1. The average Bonchev–Trinajstić information content (AvgIpc) is 3.21. The molecule has 0 saturated carbocycles. The number of urea groups is 1. The minimum atomic E-state index is -0.546. The van der Waals surface area contributed by atoms with Gasteiger partial charge in [0.15, 0.2) is 0 Å². The molecule has 8 nitrogen and oxygen atoms in total. The van der Waals surface area contributed by atoms with Crippen molar-refractivity contribution in [2.24, 2.45) is 11.7 Å². The van der Waals surface area contributed by atoms with Gasteiger partial charge in [-0.1, -0.05) is 0 Å². The highest BCUT2D eigenvalue weighted by Gasteiger charge is 2.26. The molecule has 28 heavy (non-hydrogen) atoms. The molecular formula is C19H29ClN4O4. The zero-order valence-electron chi connectivity index (χ0n) is 15.8. The molecule has 0 aromatic heterocycles. The van der Waals surface area contributed by atoms with Crippen LogP contribution in [0.2, 0.25) is 0 Å². The Labute approximate surface area is 171 Å². The van der Waals surface area contributed by atoms with E-state index in [1.165, 1.54) is 0 Å². The topological polar surface area (TPSA) is 115 Å². The van der Waals surface area contributed by atoms with Crippen molar-refractivity contribution in [3.05, 3.63) is 24.3 Å². The van der Waals surface area contributed by atoms with Gasteiger partial charge in [0.2, 0.25) is 5.91 Å². The summed E-state index contributed by atoms with van der Waals surface area (Å²) in [6, 6.07) is 6.14. The molecule has 3 rings (SSSR count). The minimum Gasteiger partial charge on any atom is -0.381 e. The Morgan fingerprint density at radius 1 is 1.04 bits per heavy atom. The molecule has 2 atom stereocenters. The number of nitrogens with one attached hydrogen (secondary N) is 3. The van der Waals surface area contributed by atoms with Crippen molar-refractivity contribution >= 4 is 35.7 Å². The largest absolute Gasteiger partial charge is 0.381 e. The highest BCUT2D eigenvalue weighted by atomic mass is 35.5. The van der Waals surface area contributed by atoms with Crippen LogP contribution in [-0.4, -0.2) is 50.4 Å². The molecule has 2 aliphatic rings. The van der Waals surface area contributed by atoms with E-state index in [2.05, 4.69) is 16.0 Å². The summed E-state index contributed by atoms with van der Waals surface area (Å²) in [5, 5.41) is 8.40. The third-order valence-corrected chi connectivity index (χ3v) is 5.00. The number of hydrogen-bond acceptors (Lipinski definition) is 5. The molecule has 0 bridgehead atoms. The van der Waals surface area contributed by atoms with Gasteiger partial charge in [-0.3, -0.25) is 4.79 Å². The van der Waals surface area contributed by atoms with E-state index in [1.807, 2.05) is 0 Å². The van der Waals surface area contributed by atoms with E-state index in [0.717, 1.165) is 32.3 Å². The summed E-state index contributed by atoms with van der Waals surface area (Å²) in [6.45, 7) is 2.57. The molecule has 2 fully saturated rings. The summed E-state index contributed by atoms with van der Waals surface area (Å²) in [6.07, 6.45) is 3.73. The van der Waals surface area contributed by atoms with Crippen LogP contribution in [0.5, 0.6) is 0 Å². The van der Waals surface area contributed by atoms with Gasteiger partial charge >= 0.3 is 6.03 Å². The monoisotopic (exact) mass is 412 g/mol. The fourth-order valence-corrected chi connectivity index (χ4v) is 3.34. The quantitative estimate of drug-likeness (QED) is 0.571. The van der Waals surface area contributed by atoms with E-state index in [1.54, 1.807) is 24.3 Å². The number of rotatable bonds is 6. The SMILES string of the molecule is Cl.NC(C(=O)Nc1ccc(NC(=O)NCC2CCCO2)cc1)C1CCOCC1. The van der Waals surface area contributed by atoms with Crippen molar-refractivity contribution in [1.82, 2.24) is 5.32 Å². The van der Waals surface area contributed by atoms with Gasteiger partial charge in [0.05, 0.1) is 12.1 Å². The molecule has 1 aromatic carbocycles. The van der Waals surface area contributed by atoms with Crippen molar-refractivity contribution in [3.63, 3.8) is 0 Å². The third kappa shape index (κ3) is 6.63. The van der Waals surface area contributed by atoms with Crippen LogP contribution in [0.4, 0.5) is 16.2 Å². The molecule has 0 radical (unpaired) electrons. The number of ether oxygens (including phenoxy) is 2. The lowest BCUT2D eigenvalue weighted by atomic mass is 9.92. The number of anilines is 2. The second-order valence-electron chi connectivity index (χ2n) is 7.01. The zero-order chi connectivity index (χ0) is 19.1. The van der Waals surface area contributed by atoms with Gasteiger partial charge in [0.1, 0.15) is 0 Å². The van der Waals surface area contributed by atoms with Crippen molar-refractivity contribution in [2.45, 2.75) is 37.8 Å². The van der Waals surface area contributed by atoms with Gasteiger partial charge in [-0.05, 0) is 55.9 Å². The van der Waals surface area contributed by atoms with Crippen LogP contribution in [0.15, 0.2) is 24.3 Å². The smallest absolute Gasteiger partial charge is 0.319 e. The van der Waals surface area contributed by atoms with Crippen molar-refractivity contribution in [1.29, 1.82) is 0 Å². The maximum Gasteiger partial charge on any atom is 0.319 e. The van der Waals surface area contributed by atoms with E-state index < -0.39 is 6.04 Å². The summed E-state index contributed by atoms with van der Waals surface area (Å²) in [5.41, 5.74) is 7.37. The molecule has 2 aliphatic heterocycles. The van der Waals surface area contributed by atoms with Crippen molar-refractivity contribution in [2.75, 3.05) is 37.0 Å². The Morgan fingerprint density at radius 3 is 2.29 bits per heavy atom. The van der Waals surface area contributed by atoms with Gasteiger partial charge in [0.25, 0.3) is 0 Å². The highest BCUT2D eigenvalue weighted by molar-refractivity contribution is 5.95. The maximum absolute atomic E-state index is 12.3. The zero-order valence-corrected chi connectivity index (χ0v) is 16.6. The van der Waals surface area contributed by atoms with Crippen LogP contribution in [0.1, 0.15) is 25.7 Å². The Kier molecular flexibility index (Phi) is 8.98. The van der Waals surface area contributed by atoms with Gasteiger partial charge in [-0.15, -0.1) is 12.4 Å². The van der Waals surface area contributed by atoms with Gasteiger partial charge in [0, 0.05) is 37.7 Å². The van der Waals surface area contributed by atoms with Crippen LogP contribution in [0.3, 0.4) is 0 Å². The predicted molar refractivity (Wildman–Crippen MR) is 110 cm³/mol. The van der Waals surface area contributed by atoms with E-state index in [0.29, 0.717) is 31.1 Å². The first-order valence-electron chi connectivity index (χ1n) is 9.52. The maximum atomic E-state index is 12.3. The third-order valence-electron chi connectivity index (χ3n) is 5.00. The Hall–Kier alpha value is -1.87. The second-order valence-corrected chi connectivity index (χ2v) is 7.01. The van der Waals surface area contributed by atoms with Gasteiger partial charge in [-0.2, -0.15) is 0 Å². The number of carbonyl (C=O) groups is 2. The number of amides is 3. The molecule has 9 heteroatoms. The second kappa shape index (κ2) is 11.2. The lowest BCUT2D eigenvalue weighted by Crippen LogP contribution is -2.44. The molecule has 1 aromatic rings. The molecular weight excluding hydrogens is 384 g/mol. The fourth-order valence-electron chi connectivity index (χ4n) is 3.34. The molecule has 5 N–H and O–H groups in total. The minimum absolute atomic E-state index is 0. The molecule has 156 valence electrons. The summed E-state index contributed by atoms with van der Waals surface area (Å²) >= 11 is 0. The first kappa shape index (κ1) is 22.4. The molecule has 3 amide bonds. The average molecular weight is 413 g/mol. The van der Waals surface area contributed by atoms with Gasteiger partial charge < -0.3 is 31.2 Å². The summed E-state index contributed by atoms with van der Waals surface area (Å²) in [4.78, 5) is 24.2. The van der Waals surface area contributed by atoms with E-state index in [4.69, 9.17) is 15.2 Å².